The van der Waals surface area contributed by atoms with Gasteiger partial charge < -0.3 is 15.5 Å². The highest BCUT2D eigenvalue weighted by molar-refractivity contribution is 5.76. The molecule has 3 N–H and O–H groups in total. The zero-order chi connectivity index (χ0) is 39.3. The van der Waals surface area contributed by atoms with Gasteiger partial charge in [-0.25, -0.2) is 0 Å². The molecule has 1 amide bonds. The quantitative estimate of drug-likeness (QED) is 0.0438. The zero-order valence-corrected chi connectivity index (χ0v) is 34.7. The molecule has 0 saturated heterocycles. The molecule has 2 unspecified atom stereocenters. The number of rotatable bonds is 37. The van der Waals surface area contributed by atoms with Crippen LogP contribution in [-0.2, 0) is 4.79 Å². The fraction of sp³-hybridized carbons (Fsp3) is 0.580. The molecular weight excluding hydrogens is 663 g/mol. The van der Waals surface area contributed by atoms with E-state index >= 15 is 0 Å². The molecule has 0 radical (unpaired) electrons. The number of unbranched alkanes of at least 4 members (excludes halogenated alkanes) is 12. The van der Waals surface area contributed by atoms with Gasteiger partial charge in [-0.05, 0) is 89.9 Å². The average Bonchev–Trinajstić information content (AvgIpc) is 3.18. The van der Waals surface area contributed by atoms with Gasteiger partial charge in [0.05, 0.1) is 18.8 Å². The Morgan fingerprint density at radius 1 is 0.463 bits per heavy atom. The minimum Gasteiger partial charge on any atom is -0.394 e. The summed E-state index contributed by atoms with van der Waals surface area (Å²) in [4.78, 5) is 12.3. The second-order valence-electron chi connectivity index (χ2n) is 14.0. The maximum absolute atomic E-state index is 12.3. The Morgan fingerprint density at radius 2 is 0.833 bits per heavy atom. The van der Waals surface area contributed by atoms with Gasteiger partial charge in [0.1, 0.15) is 0 Å². The summed E-state index contributed by atoms with van der Waals surface area (Å²) in [6, 6.07) is -0.646. The third-order valence-corrected chi connectivity index (χ3v) is 8.91. The Kier molecular flexibility index (Phi) is 41.6. The van der Waals surface area contributed by atoms with Gasteiger partial charge >= 0.3 is 0 Å². The number of carbonyl (C=O) groups excluding carboxylic acids is 1. The first-order chi connectivity index (χ1) is 26.7. The van der Waals surface area contributed by atoms with E-state index in [-0.39, 0.29) is 12.5 Å². The number of hydrogen-bond acceptors (Lipinski definition) is 3. The molecule has 0 saturated carbocycles. The summed E-state index contributed by atoms with van der Waals surface area (Å²) in [6.45, 7) is 4.05. The number of aliphatic hydroxyl groups is 2. The topological polar surface area (TPSA) is 69.6 Å². The van der Waals surface area contributed by atoms with Crippen LogP contribution in [0.4, 0.5) is 0 Å². The number of aliphatic hydroxyl groups excluding tert-OH is 2. The fourth-order valence-corrected chi connectivity index (χ4v) is 5.63. The lowest BCUT2D eigenvalue weighted by Gasteiger charge is -2.19. The van der Waals surface area contributed by atoms with E-state index in [2.05, 4.69) is 129 Å². The van der Waals surface area contributed by atoms with Crippen LogP contribution in [0.1, 0.15) is 168 Å². The van der Waals surface area contributed by atoms with Gasteiger partial charge in [0.25, 0.3) is 0 Å². The molecule has 4 heteroatoms. The Balaban J connectivity index is 3.60. The standard InChI is InChI=1S/C50H81NO3/c1-3-5-7-9-11-12-13-14-15-16-17-18-19-20-21-22-23-24-25-26-27-28-29-30-31-32-33-34-35-36-37-38-40-42-44-46-50(54)51-48(47-52)49(53)45-43-41-39-10-8-6-4-2/h5,7-8,10-12,14-15,17-18,20-21,23-24,26-27,29-30,43,45,48-49,52-53H,3-4,6,9,13,16,19,22,25,28,31-42,44,46-47H2,1-2H3,(H,51,54)/b7-5-,10-8+,12-11-,15-14-,18-17-,21-20-,24-23-,27-26-,30-29-,45-43+. The van der Waals surface area contributed by atoms with Gasteiger partial charge in [0.15, 0.2) is 0 Å². The van der Waals surface area contributed by atoms with Crippen LogP contribution < -0.4 is 5.32 Å². The highest BCUT2D eigenvalue weighted by Crippen LogP contribution is 2.13. The van der Waals surface area contributed by atoms with Gasteiger partial charge in [-0.15, -0.1) is 0 Å². The Bertz CT molecular complexity index is 1120. The molecule has 0 spiro atoms. The van der Waals surface area contributed by atoms with Crippen LogP contribution in [0.2, 0.25) is 0 Å². The van der Waals surface area contributed by atoms with Gasteiger partial charge in [0, 0.05) is 6.42 Å². The highest BCUT2D eigenvalue weighted by atomic mass is 16.3. The summed E-state index contributed by atoms with van der Waals surface area (Å²) in [7, 11) is 0. The maximum atomic E-state index is 12.3. The molecule has 2 atom stereocenters. The Morgan fingerprint density at radius 3 is 1.28 bits per heavy atom. The van der Waals surface area contributed by atoms with Crippen LogP contribution in [0.15, 0.2) is 122 Å². The van der Waals surface area contributed by atoms with Gasteiger partial charge in [-0.3, -0.25) is 4.79 Å². The summed E-state index contributed by atoms with van der Waals surface area (Å²) in [5.41, 5.74) is 0. The van der Waals surface area contributed by atoms with E-state index in [9.17, 15) is 15.0 Å². The zero-order valence-electron chi connectivity index (χ0n) is 34.7. The van der Waals surface area contributed by atoms with E-state index in [4.69, 9.17) is 0 Å². The van der Waals surface area contributed by atoms with Crippen molar-refractivity contribution in [1.82, 2.24) is 5.32 Å². The second-order valence-corrected chi connectivity index (χ2v) is 14.0. The SMILES string of the molecule is CC/C=C\C/C=C\C/C=C\C/C=C\C/C=C\C/C=C\C/C=C\C/C=C\CCCCCCCCCCCCC(=O)NC(CO)C(O)/C=C/CC/C=C/CCC. The van der Waals surface area contributed by atoms with Crippen molar-refractivity contribution in [2.75, 3.05) is 6.61 Å². The van der Waals surface area contributed by atoms with Crippen LogP contribution in [0.5, 0.6) is 0 Å². The Labute approximate surface area is 333 Å². The third-order valence-electron chi connectivity index (χ3n) is 8.91. The number of nitrogens with one attached hydrogen (secondary N) is 1. The van der Waals surface area contributed by atoms with Crippen LogP contribution in [0.3, 0.4) is 0 Å². The third kappa shape index (κ3) is 40.0. The summed E-state index contributed by atoms with van der Waals surface area (Å²) in [6.07, 6.45) is 69.0. The predicted molar refractivity (Wildman–Crippen MR) is 239 cm³/mol. The summed E-state index contributed by atoms with van der Waals surface area (Å²) < 4.78 is 0. The molecule has 0 heterocycles. The first-order valence-electron chi connectivity index (χ1n) is 21.7. The van der Waals surface area contributed by atoms with E-state index in [0.29, 0.717) is 6.42 Å². The molecule has 0 aromatic carbocycles. The number of hydrogen-bond donors (Lipinski definition) is 3. The number of amides is 1. The molecule has 304 valence electrons. The number of allylic oxidation sites excluding steroid dienone is 19. The lowest BCUT2D eigenvalue weighted by atomic mass is 10.0. The van der Waals surface area contributed by atoms with E-state index in [1.165, 1.54) is 51.4 Å². The molecule has 0 aliphatic carbocycles. The molecule has 54 heavy (non-hydrogen) atoms. The first-order valence-corrected chi connectivity index (χ1v) is 21.7. The monoisotopic (exact) mass is 744 g/mol. The molecular formula is C50H81NO3. The smallest absolute Gasteiger partial charge is 0.220 e. The van der Waals surface area contributed by atoms with Crippen LogP contribution in [-0.4, -0.2) is 34.9 Å². The molecule has 0 fully saturated rings. The molecule has 0 aliphatic rings. The van der Waals surface area contributed by atoms with Crippen molar-refractivity contribution >= 4 is 5.91 Å². The van der Waals surface area contributed by atoms with E-state index in [1.54, 1.807) is 6.08 Å². The van der Waals surface area contributed by atoms with Crippen molar-refractivity contribution in [3.8, 4) is 0 Å². The van der Waals surface area contributed by atoms with Crippen molar-refractivity contribution in [3.05, 3.63) is 122 Å². The first kappa shape index (κ1) is 50.8. The van der Waals surface area contributed by atoms with Crippen molar-refractivity contribution in [2.45, 2.75) is 180 Å². The van der Waals surface area contributed by atoms with E-state index < -0.39 is 12.1 Å². The van der Waals surface area contributed by atoms with Crippen LogP contribution in [0, 0.1) is 0 Å². The van der Waals surface area contributed by atoms with Crippen molar-refractivity contribution in [1.29, 1.82) is 0 Å². The molecule has 0 aromatic rings. The predicted octanol–water partition coefficient (Wildman–Crippen LogP) is 13.8. The second kappa shape index (κ2) is 44.2. The average molecular weight is 744 g/mol. The molecule has 0 aliphatic heterocycles. The van der Waals surface area contributed by atoms with E-state index in [1.807, 2.05) is 6.08 Å². The molecule has 0 bridgehead atoms. The lowest BCUT2D eigenvalue weighted by molar-refractivity contribution is -0.123. The van der Waals surface area contributed by atoms with Gasteiger partial charge in [-0.2, -0.15) is 0 Å². The minimum atomic E-state index is -0.868. The normalized spacial score (nSPS) is 14.2. The van der Waals surface area contributed by atoms with Crippen molar-refractivity contribution in [2.24, 2.45) is 0 Å². The molecule has 0 rings (SSSR count). The van der Waals surface area contributed by atoms with Crippen LogP contribution in [0.25, 0.3) is 0 Å². The van der Waals surface area contributed by atoms with Gasteiger partial charge in [0.2, 0.25) is 5.91 Å². The number of carbonyl (C=O) groups is 1. The molecule has 4 nitrogen and oxygen atoms in total. The minimum absolute atomic E-state index is 0.0906. The van der Waals surface area contributed by atoms with E-state index in [0.717, 1.165) is 96.3 Å². The summed E-state index contributed by atoms with van der Waals surface area (Å²) in [5, 5.41) is 22.7. The maximum Gasteiger partial charge on any atom is 0.220 e. The fourth-order valence-electron chi connectivity index (χ4n) is 5.63. The Hall–Kier alpha value is -3.21. The highest BCUT2D eigenvalue weighted by Gasteiger charge is 2.17. The lowest BCUT2D eigenvalue weighted by Crippen LogP contribution is -2.45. The van der Waals surface area contributed by atoms with Crippen LogP contribution >= 0.6 is 0 Å². The molecule has 0 aromatic heterocycles. The summed E-state index contributed by atoms with van der Waals surface area (Å²) in [5.74, 6) is -0.0906. The van der Waals surface area contributed by atoms with Crippen molar-refractivity contribution in [3.63, 3.8) is 0 Å². The summed E-state index contributed by atoms with van der Waals surface area (Å²) >= 11 is 0. The largest absolute Gasteiger partial charge is 0.394 e. The van der Waals surface area contributed by atoms with Gasteiger partial charge in [-0.1, -0.05) is 193 Å². The van der Waals surface area contributed by atoms with Crippen molar-refractivity contribution < 1.29 is 15.0 Å².